The number of nitrogens with one attached hydrogen (secondary N) is 1. The number of nitrogens with zero attached hydrogens (tertiary/aromatic N) is 4. The summed E-state index contributed by atoms with van der Waals surface area (Å²) in [5.41, 5.74) is 4.71. The summed E-state index contributed by atoms with van der Waals surface area (Å²) in [6.07, 6.45) is 5.24. The van der Waals surface area contributed by atoms with Gasteiger partial charge in [-0.3, -0.25) is 14.3 Å². The lowest BCUT2D eigenvalue weighted by molar-refractivity contribution is -0.115. The summed E-state index contributed by atoms with van der Waals surface area (Å²) in [6, 6.07) is 19.5. The third kappa shape index (κ3) is 5.21. The van der Waals surface area contributed by atoms with Crippen LogP contribution in [0.5, 0.6) is 0 Å². The van der Waals surface area contributed by atoms with Crippen LogP contribution in [0.15, 0.2) is 90.9 Å². The number of anilines is 1. The first-order valence-corrected chi connectivity index (χ1v) is 11.5. The van der Waals surface area contributed by atoms with Crippen molar-refractivity contribution in [3.05, 3.63) is 102 Å². The Morgan fingerprint density at radius 3 is 2.58 bits per heavy atom. The van der Waals surface area contributed by atoms with Crippen molar-refractivity contribution in [3.63, 3.8) is 0 Å². The number of amides is 1. The number of hydrogen-bond acceptors (Lipinski definition) is 5. The van der Waals surface area contributed by atoms with Gasteiger partial charge in [0.2, 0.25) is 5.91 Å². The highest BCUT2D eigenvalue weighted by molar-refractivity contribution is 8.00. The van der Waals surface area contributed by atoms with Crippen molar-refractivity contribution in [2.24, 2.45) is 0 Å². The van der Waals surface area contributed by atoms with Gasteiger partial charge in [0.1, 0.15) is 5.25 Å². The molecular formula is C26H25N5OS. The molecule has 0 saturated carbocycles. The molecule has 2 aromatic carbocycles. The van der Waals surface area contributed by atoms with E-state index in [0.717, 1.165) is 27.9 Å². The molecule has 0 saturated heterocycles. The quantitative estimate of drug-likeness (QED) is 0.276. The minimum atomic E-state index is -0.510. The second-order valence-corrected chi connectivity index (χ2v) is 8.73. The lowest BCUT2D eigenvalue weighted by atomic mass is 10.1. The van der Waals surface area contributed by atoms with Crippen LogP contribution in [0.1, 0.15) is 21.9 Å². The van der Waals surface area contributed by atoms with E-state index < -0.39 is 5.25 Å². The summed E-state index contributed by atoms with van der Waals surface area (Å²) in [5, 5.41) is 12.1. The first kappa shape index (κ1) is 22.5. The van der Waals surface area contributed by atoms with Crippen molar-refractivity contribution in [2.45, 2.75) is 30.8 Å². The molecule has 0 aliphatic rings. The molecular weight excluding hydrogens is 430 g/mol. The molecule has 0 fully saturated rings. The number of thioether (sulfide) groups is 1. The van der Waals surface area contributed by atoms with Gasteiger partial charge in [0.15, 0.2) is 11.0 Å². The molecule has 1 N–H and O–H groups in total. The number of carbonyl (C=O) groups is 1. The molecule has 1 amide bonds. The largest absolute Gasteiger partial charge is 0.325 e. The van der Waals surface area contributed by atoms with E-state index >= 15 is 0 Å². The van der Waals surface area contributed by atoms with E-state index in [-0.39, 0.29) is 5.91 Å². The summed E-state index contributed by atoms with van der Waals surface area (Å²) in [4.78, 5) is 17.6. The van der Waals surface area contributed by atoms with Crippen LogP contribution in [0.25, 0.3) is 11.4 Å². The fourth-order valence-corrected chi connectivity index (χ4v) is 4.51. The maximum atomic E-state index is 13.5. The van der Waals surface area contributed by atoms with Crippen LogP contribution in [0.2, 0.25) is 0 Å². The van der Waals surface area contributed by atoms with Gasteiger partial charge < -0.3 is 5.32 Å². The average molecular weight is 456 g/mol. The smallest absolute Gasteiger partial charge is 0.242 e. The SMILES string of the molecule is C=CCn1c(SC(C(=O)Nc2cc(C)ccc2C)c2ccccc2)nnc1-c1ccncc1. The van der Waals surface area contributed by atoms with Gasteiger partial charge >= 0.3 is 0 Å². The molecule has 0 aliphatic carbocycles. The molecule has 4 rings (SSSR count). The van der Waals surface area contributed by atoms with Crippen LogP contribution in [0.3, 0.4) is 0 Å². The fraction of sp³-hybridized carbons (Fsp3) is 0.154. The highest BCUT2D eigenvalue weighted by Gasteiger charge is 2.26. The van der Waals surface area contributed by atoms with Crippen LogP contribution in [-0.2, 0) is 11.3 Å². The Morgan fingerprint density at radius 2 is 1.85 bits per heavy atom. The molecule has 166 valence electrons. The molecule has 1 atom stereocenters. The van der Waals surface area contributed by atoms with Crippen molar-refractivity contribution in [1.29, 1.82) is 0 Å². The molecule has 0 radical (unpaired) electrons. The Morgan fingerprint density at radius 1 is 1.09 bits per heavy atom. The van der Waals surface area contributed by atoms with Crippen LogP contribution < -0.4 is 5.32 Å². The number of allylic oxidation sites excluding steroid dienone is 1. The number of benzene rings is 2. The molecule has 0 spiro atoms. The molecule has 1 unspecified atom stereocenters. The van der Waals surface area contributed by atoms with E-state index in [0.29, 0.717) is 17.5 Å². The maximum Gasteiger partial charge on any atom is 0.242 e. The lowest BCUT2D eigenvalue weighted by Crippen LogP contribution is -2.20. The van der Waals surface area contributed by atoms with E-state index in [4.69, 9.17) is 0 Å². The van der Waals surface area contributed by atoms with Crippen molar-refractivity contribution >= 4 is 23.4 Å². The Hall–Kier alpha value is -3.71. The first-order valence-electron chi connectivity index (χ1n) is 10.6. The Kier molecular flexibility index (Phi) is 7.00. The van der Waals surface area contributed by atoms with Gasteiger partial charge in [0.25, 0.3) is 0 Å². The highest BCUT2D eigenvalue weighted by Crippen LogP contribution is 2.37. The van der Waals surface area contributed by atoms with E-state index in [2.05, 4.69) is 27.1 Å². The van der Waals surface area contributed by atoms with E-state index in [1.54, 1.807) is 18.5 Å². The van der Waals surface area contributed by atoms with Gasteiger partial charge in [-0.2, -0.15) is 0 Å². The predicted octanol–water partition coefficient (Wildman–Crippen LogP) is 5.62. The molecule has 4 aromatic rings. The predicted molar refractivity (Wildman–Crippen MR) is 133 cm³/mol. The number of pyridine rings is 1. The average Bonchev–Trinajstić information content (AvgIpc) is 3.23. The third-order valence-electron chi connectivity index (χ3n) is 5.18. The zero-order valence-electron chi connectivity index (χ0n) is 18.6. The van der Waals surface area contributed by atoms with Gasteiger partial charge in [0, 0.05) is 30.2 Å². The van der Waals surface area contributed by atoms with Gasteiger partial charge in [0.05, 0.1) is 0 Å². The summed E-state index contributed by atoms with van der Waals surface area (Å²) in [7, 11) is 0. The van der Waals surface area contributed by atoms with Crippen molar-refractivity contribution in [3.8, 4) is 11.4 Å². The molecule has 2 heterocycles. The molecule has 0 aliphatic heterocycles. The summed E-state index contributed by atoms with van der Waals surface area (Å²) in [5.74, 6) is 0.597. The van der Waals surface area contributed by atoms with Crippen LogP contribution in [0.4, 0.5) is 5.69 Å². The van der Waals surface area contributed by atoms with Gasteiger partial charge in [-0.15, -0.1) is 16.8 Å². The molecule has 2 aromatic heterocycles. The summed E-state index contributed by atoms with van der Waals surface area (Å²) in [6.45, 7) is 8.40. The van der Waals surface area contributed by atoms with Crippen molar-refractivity contribution < 1.29 is 4.79 Å². The van der Waals surface area contributed by atoms with E-state index in [9.17, 15) is 4.79 Å². The van der Waals surface area contributed by atoms with Gasteiger partial charge in [-0.05, 0) is 48.7 Å². The highest BCUT2D eigenvalue weighted by atomic mass is 32.2. The molecule has 0 bridgehead atoms. The van der Waals surface area contributed by atoms with Crippen LogP contribution in [0, 0.1) is 13.8 Å². The van der Waals surface area contributed by atoms with Crippen LogP contribution >= 0.6 is 11.8 Å². The zero-order chi connectivity index (χ0) is 23.2. The normalized spacial score (nSPS) is 11.7. The zero-order valence-corrected chi connectivity index (χ0v) is 19.4. The fourth-order valence-electron chi connectivity index (χ4n) is 3.46. The second kappa shape index (κ2) is 10.3. The number of aryl methyl sites for hydroxylation is 2. The minimum Gasteiger partial charge on any atom is -0.325 e. The van der Waals surface area contributed by atoms with Crippen molar-refractivity contribution in [1.82, 2.24) is 19.7 Å². The summed E-state index contributed by atoms with van der Waals surface area (Å²) < 4.78 is 1.97. The number of aromatic nitrogens is 4. The number of hydrogen-bond donors (Lipinski definition) is 1. The molecule has 33 heavy (non-hydrogen) atoms. The monoisotopic (exact) mass is 455 g/mol. The standard InChI is InChI=1S/C26H25N5OS/c1-4-16-31-24(21-12-14-27-15-13-21)29-30-26(31)33-23(20-8-6-5-7-9-20)25(32)28-22-17-18(2)10-11-19(22)3/h4-15,17,23H,1,16H2,2-3H3,(H,28,32). The maximum absolute atomic E-state index is 13.5. The lowest BCUT2D eigenvalue weighted by Gasteiger charge is -2.18. The topological polar surface area (TPSA) is 72.7 Å². The van der Waals surface area contributed by atoms with Gasteiger partial charge in [-0.1, -0.05) is 60.3 Å². The summed E-state index contributed by atoms with van der Waals surface area (Å²) >= 11 is 1.38. The Bertz CT molecular complexity index is 1250. The van der Waals surface area contributed by atoms with Gasteiger partial charge in [-0.25, -0.2) is 0 Å². The Balaban J connectivity index is 1.69. The molecule has 6 nitrogen and oxygen atoms in total. The van der Waals surface area contributed by atoms with E-state index in [1.165, 1.54) is 11.8 Å². The minimum absolute atomic E-state index is 0.112. The Labute approximate surface area is 197 Å². The number of carbonyl (C=O) groups excluding carboxylic acids is 1. The first-order chi connectivity index (χ1) is 16.1. The molecule has 7 heteroatoms. The second-order valence-electron chi connectivity index (χ2n) is 7.66. The van der Waals surface area contributed by atoms with Crippen LogP contribution in [-0.4, -0.2) is 25.7 Å². The number of rotatable bonds is 8. The van der Waals surface area contributed by atoms with E-state index in [1.807, 2.05) is 79.1 Å². The van der Waals surface area contributed by atoms with Crippen molar-refractivity contribution in [2.75, 3.05) is 5.32 Å². The third-order valence-corrected chi connectivity index (χ3v) is 6.42.